The number of nitrogens with one attached hydrogen (secondary N) is 2. The fourth-order valence-electron chi connectivity index (χ4n) is 2.30. The molecule has 0 atom stereocenters. The van der Waals surface area contributed by atoms with E-state index in [9.17, 15) is 32.9 Å². The van der Waals surface area contributed by atoms with Crippen LogP contribution in [0.3, 0.4) is 0 Å². The quantitative estimate of drug-likeness (QED) is 0.368. The first-order chi connectivity index (χ1) is 14.1. The second-order valence-electron chi connectivity index (χ2n) is 5.83. The van der Waals surface area contributed by atoms with Crippen molar-refractivity contribution in [3.8, 4) is 5.75 Å². The van der Waals surface area contributed by atoms with Crippen LogP contribution >= 0.6 is 11.6 Å². The van der Waals surface area contributed by atoms with Crippen LogP contribution in [0.4, 0.5) is 18.9 Å². The third-order valence-electron chi connectivity index (χ3n) is 3.63. The first-order valence-corrected chi connectivity index (χ1v) is 8.75. The molecule has 0 saturated heterocycles. The molecule has 0 saturated carbocycles. The van der Waals surface area contributed by atoms with E-state index in [0.717, 1.165) is 18.2 Å². The highest BCUT2D eigenvalue weighted by molar-refractivity contribution is 6.33. The number of benzene rings is 2. The minimum Gasteiger partial charge on any atom is -0.484 e. The largest absolute Gasteiger partial charge is 0.484 e. The molecule has 0 aliphatic heterocycles. The third-order valence-corrected chi connectivity index (χ3v) is 3.96. The molecule has 0 heterocycles. The van der Waals surface area contributed by atoms with Gasteiger partial charge in [-0.05, 0) is 24.3 Å². The zero-order valence-electron chi connectivity index (χ0n) is 15.2. The Hall–Kier alpha value is -3.34. The number of halogens is 4. The Bertz CT molecular complexity index is 953. The lowest BCUT2D eigenvalue weighted by atomic mass is 10.1. The average Bonchev–Trinajstić information content (AvgIpc) is 2.68. The first-order valence-electron chi connectivity index (χ1n) is 8.37. The molecule has 160 valence electrons. The van der Waals surface area contributed by atoms with E-state index < -0.39 is 40.8 Å². The molecule has 0 unspecified atom stereocenters. The summed E-state index contributed by atoms with van der Waals surface area (Å²) in [5, 5.41) is 16.2. The van der Waals surface area contributed by atoms with Crippen LogP contribution in [0, 0.1) is 10.1 Å². The minimum absolute atomic E-state index is 0.0200. The number of amides is 2. The van der Waals surface area contributed by atoms with E-state index in [1.807, 2.05) is 0 Å². The maximum absolute atomic E-state index is 12.3. The van der Waals surface area contributed by atoms with Crippen LogP contribution in [0.15, 0.2) is 42.5 Å². The standard InChI is InChI=1S/C18H15ClF3N3O5/c19-14-4-2-1-3-12(14)16(26)23-7-8-24-17(27)13-9-11(30-10-18(20,21)22)5-6-15(13)25(28)29/h1-6,9H,7-8,10H2,(H,23,26)(H,24,27). The Kier molecular flexibility index (Phi) is 7.59. The van der Waals surface area contributed by atoms with Crippen molar-refractivity contribution in [1.82, 2.24) is 10.6 Å². The zero-order valence-corrected chi connectivity index (χ0v) is 15.9. The van der Waals surface area contributed by atoms with Crippen LogP contribution < -0.4 is 15.4 Å². The summed E-state index contributed by atoms with van der Waals surface area (Å²) in [7, 11) is 0. The van der Waals surface area contributed by atoms with Gasteiger partial charge in [0.2, 0.25) is 0 Å². The molecular formula is C18H15ClF3N3O5. The summed E-state index contributed by atoms with van der Waals surface area (Å²) >= 11 is 5.90. The topological polar surface area (TPSA) is 111 Å². The number of nitro benzene ring substituents is 1. The second-order valence-corrected chi connectivity index (χ2v) is 6.24. The summed E-state index contributed by atoms with van der Waals surface area (Å²) in [6, 6.07) is 9.00. The molecule has 0 aromatic heterocycles. The van der Waals surface area contributed by atoms with Crippen molar-refractivity contribution in [3.05, 3.63) is 68.7 Å². The van der Waals surface area contributed by atoms with Gasteiger partial charge in [-0.2, -0.15) is 13.2 Å². The number of hydrogen-bond acceptors (Lipinski definition) is 5. The summed E-state index contributed by atoms with van der Waals surface area (Å²) in [6.07, 6.45) is -4.61. The first kappa shape index (κ1) is 22.9. The molecule has 0 aliphatic carbocycles. The molecule has 2 N–H and O–H groups in total. The maximum atomic E-state index is 12.3. The predicted molar refractivity (Wildman–Crippen MR) is 101 cm³/mol. The summed E-state index contributed by atoms with van der Waals surface area (Å²) in [4.78, 5) is 34.5. The third kappa shape index (κ3) is 6.62. The van der Waals surface area contributed by atoms with E-state index in [2.05, 4.69) is 15.4 Å². The summed E-state index contributed by atoms with van der Waals surface area (Å²) in [5.74, 6) is -1.75. The Morgan fingerprint density at radius 3 is 2.20 bits per heavy atom. The van der Waals surface area contributed by atoms with Gasteiger partial charge in [-0.1, -0.05) is 23.7 Å². The maximum Gasteiger partial charge on any atom is 0.422 e. The van der Waals surface area contributed by atoms with Crippen molar-refractivity contribution in [2.24, 2.45) is 0 Å². The molecule has 0 bridgehead atoms. The number of hydrogen-bond donors (Lipinski definition) is 2. The van der Waals surface area contributed by atoms with E-state index >= 15 is 0 Å². The lowest BCUT2D eigenvalue weighted by Gasteiger charge is -2.11. The van der Waals surface area contributed by atoms with Crippen molar-refractivity contribution in [2.75, 3.05) is 19.7 Å². The molecular weight excluding hydrogens is 431 g/mol. The molecule has 0 spiro atoms. The number of ether oxygens (including phenoxy) is 1. The van der Waals surface area contributed by atoms with Crippen molar-refractivity contribution in [3.63, 3.8) is 0 Å². The van der Waals surface area contributed by atoms with Crippen LogP contribution in [0.1, 0.15) is 20.7 Å². The Labute approximate surface area is 173 Å². The van der Waals surface area contributed by atoms with Crippen LogP contribution in [-0.4, -0.2) is 42.6 Å². The van der Waals surface area contributed by atoms with E-state index in [4.69, 9.17) is 11.6 Å². The van der Waals surface area contributed by atoms with Gasteiger partial charge >= 0.3 is 6.18 Å². The summed E-state index contributed by atoms with van der Waals surface area (Å²) in [5.41, 5.74) is -0.847. The molecule has 30 heavy (non-hydrogen) atoms. The van der Waals surface area contributed by atoms with Crippen LogP contribution in [-0.2, 0) is 0 Å². The highest BCUT2D eigenvalue weighted by atomic mass is 35.5. The molecule has 0 aliphatic rings. The molecule has 2 aromatic rings. The fourth-order valence-corrected chi connectivity index (χ4v) is 2.52. The SMILES string of the molecule is O=C(NCCNC(=O)c1cc(OCC(F)(F)F)ccc1[N+](=O)[O-])c1ccccc1Cl. The van der Waals surface area contributed by atoms with Gasteiger partial charge in [-0.3, -0.25) is 19.7 Å². The molecule has 2 amide bonds. The highest BCUT2D eigenvalue weighted by Crippen LogP contribution is 2.25. The number of carbonyl (C=O) groups is 2. The van der Waals surface area contributed by atoms with E-state index in [1.54, 1.807) is 12.1 Å². The van der Waals surface area contributed by atoms with Crippen molar-refractivity contribution in [2.45, 2.75) is 6.18 Å². The lowest BCUT2D eigenvalue weighted by Crippen LogP contribution is -2.35. The van der Waals surface area contributed by atoms with Gasteiger partial charge in [0.25, 0.3) is 17.5 Å². The van der Waals surface area contributed by atoms with Crippen molar-refractivity contribution < 1.29 is 32.4 Å². The normalized spacial score (nSPS) is 10.9. The number of alkyl halides is 3. The minimum atomic E-state index is -4.61. The molecule has 0 fully saturated rings. The van der Waals surface area contributed by atoms with E-state index in [-0.39, 0.29) is 29.4 Å². The fraction of sp³-hybridized carbons (Fsp3) is 0.222. The molecule has 2 rings (SSSR count). The van der Waals surface area contributed by atoms with Crippen LogP contribution in [0.5, 0.6) is 5.75 Å². The summed E-state index contributed by atoms with van der Waals surface area (Å²) in [6.45, 7) is -1.73. The van der Waals surface area contributed by atoms with Crippen molar-refractivity contribution in [1.29, 1.82) is 0 Å². The predicted octanol–water partition coefficient (Wildman–Crippen LogP) is 3.35. The number of nitro groups is 1. The number of carbonyl (C=O) groups excluding carboxylic acids is 2. The lowest BCUT2D eigenvalue weighted by molar-refractivity contribution is -0.385. The Morgan fingerprint density at radius 1 is 1.03 bits per heavy atom. The zero-order chi connectivity index (χ0) is 22.3. The Morgan fingerprint density at radius 2 is 1.63 bits per heavy atom. The van der Waals surface area contributed by atoms with E-state index in [1.165, 1.54) is 12.1 Å². The van der Waals surface area contributed by atoms with Crippen LogP contribution in [0.25, 0.3) is 0 Å². The molecule has 0 radical (unpaired) electrons. The number of nitrogens with zero attached hydrogens (tertiary/aromatic N) is 1. The molecule has 12 heteroatoms. The monoisotopic (exact) mass is 445 g/mol. The van der Waals surface area contributed by atoms with Gasteiger partial charge in [0, 0.05) is 19.2 Å². The second kappa shape index (κ2) is 9.92. The molecule has 8 nitrogen and oxygen atoms in total. The van der Waals surface area contributed by atoms with Gasteiger partial charge in [0.05, 0.1) is 15.5 Å². The van der Waals surface area contributed by atoms with Crippen molar-refractivity contribution >= 4 is 29.1 Å². The average molecular weight is 446 g/mol. The van der Waals surface area contributed by atoms with E-state index in [0.29, 0.717) is 0 Å². The van der Waals surface area contributed by atoms with Gasteiger partial charge in [-0.15, -0.1) is 0 Å². The summed E-state index contributed by atoms with van der Waals surface area (Å²) < 4.78 is 41.3. The Balaban J connectivity index is 1.98. The highest BCUT2D eigenvalue weighted by Gasteiger charge is 2.29. The number of rotatable bonds is 8. The van der Waals surface area contributed by atoms with Gasteiger partial charge < -0.3 is 15.4 Å². The van der Waals surface area contributed by atoms with Gasteiger partial charge in [0.1, 0.15) is 11.3 Å². The molecule has 2 aromatic carbocycles. The smallest absolute Gasteiger partial charge is 0.422 e. The van der Waals surface area contributed by atoms with Crippen LogP contribution in [0.2, 0.25) is 5.02 Å². The van der Waals surface area contributed by atoms with Gasteiger partial charge in [0.15, 0.2) is 6.61 Å². The van der Waals surface area contributed by atoms with Gasteiger partial charge in [-0.25, -0.2) is 0 Å².